The first-order chi connectivity index (χ1) is 11.0. The molecular weight excluding hydrogens is 295 g/mol. The van der Waals surface area contributed by atoms with Gasteiger partial charge < -0.3 is 15.5 Å². The number of aliphatic imine (C=N–C) groups is 1. The van der Waals surface area contributed by atoms with E-state index in [9.17, 15) is 9.18 Å². The standard InChI is InChI=1S/C17H25FN4O/c1-4-17(2)8-9-22(12-17)16(19-3)20-11-15(23)21-14-7-5-6-13(18)10-14/h5-7,10H,4,8-9,11-12H2,1-3H3,(H,19,20)(H,21,23). The SMILES string of the molecule is CCC1(C)CCN(C(=NC)NCC(=O)Nc2cccc(F)c2)C1. The number of nitrogens with zero attached hydrogens (tertiary/aromatic N) is 2. The minimum atomic E-state index is -0.373. The van der Waals surface area contributed by atoms with E-state index in [4.69, 9.17) is 0 Å². The van der Waals surface area contributed by atoms with Gasteiger partial charge in [-0.2, -0.15) is 0 Å². The lowest BCUT2D eigenvalue weighted by molar-refractivity contribution is -0.115. The summed E-state index contributed by atoms with van der Waals surface area (Å²) in [7, 11) is 1.72. The second kappa shape index (κ2) is 7.44. The number of rotatable bonds is 4. The molecule has 1 unspecified atom stereocenters. The van der Waals surface area contributed by atoms with Crippen molar-refractivity contribution in [1.82, 2.24) is 10.2 Å². The van der Waals surface area contributed by atoms with Crippen LogP contribution in [0.25, 0.3) is 0 Å². The Bertz CT molecular complexity index is 590. The van der Waals surface area contributed by atoms with Crippen LogP contribution in [-0.2, 0) is 4.79 Å². The van der Waals surface area contributed by atoms with Crippen molar-refractivity contribution in [3.63, 3.8) is 0 Å². The van der Waals surface area contributed by atoms with E-state index in [-0.39, 0.29) is 18.3 Å². The zero-order valence-electron chi connectivity index (χ0n) is 14.0. The lowest BCUT2D eigenvalue weighted by Gasteiger charge is -2.25. The largest absolute Gasteiger partial charge is 0.347 e. The van der Waals surface area contributed by atoms with E-state index in [0.29, 0.717) is 11.1 Å². The summed E-state index contributed by atoms with van der Waals surface area (Å²) < 4.78 is 13.1. The van der Waals surface area contributed by atoms with Gasteiger partial charge in [-0.3, -0.25) is 9.79 Å². The fourth-order valence-corrected chi connectivity index (χ4v) is 2.76. The lowest BCUT2D eigenvalue weighted by Crippen LogP contribution is -2.43. The van der Waals surface area contributed by atoms with Gasteiger partial charge in [0.2, 0.25) is 5.91 Å². The van der Waals surface area contributed by atoms with Crippen LogP contribution in [0.3, 0.4) is 0 Å². The summed E-state index contributed by atoms with van der Waals surface area (Å²) in [6, 6.07) is 5.85. The molecule has 1 fully saturated rings. The first-order valence-electron chi connectivity index (χ1n) is 7.97. The molecule has 5 nitrogen and oxygen atoms in total. The van der Waals surface area contributed by atoms with Crippen LogP contribution in [-0.4, -0.2) is 43.4 Å². The maximum absolute atomic E-state index is 13.1. The summed E-state index contributed by atoms with van der Waals surface area (Å²) in [6.45, 7) is 6.45. The molecule has 0 spiro atoms. The van der Waals surface area contributed by atoms with E-state index < -0.39 is 0 Å². The molecule has 1 amide bonds. The van der Waals surface area contributed by atoms with Crippen LogP contribution >= 0.6 is 0 Å². The van der Waals surface area contributed by atoms with Crippen LogP contribution in [0.15, 0.2) is 29.3 Å². The number of anilines is 1. The van der Waals surface area contributed by atoms with Gasteiger partial charge in [0.05, 0.1) is 6.54 Å². The molecule has 1 aliphatic heterocycles. The highest BCUT2D eigenvalue weighted by Gasteiger charge is 2.33. The molecule has 6 heteroatoms. The fraction of sp³-hybridized carbons (Fsp3) is 0.529. The van der Waals surface area contributed by atoms with E-state index in [2.05, 4.69) is 34.4 Å². The second-order valence-electron chi connectivity index (χ2n) is 6.30. The van der Waals surface area contributed by atoms with Gasteiger partial charge in [-0.1, -0.05) is 19.9 Å². The number of guanidine groups is 1. The Morgan fingerprint density at radius 1 is 1.48 bits per heavy atom. The first-order valence-corrected chi connectivity index (χ1v) is 7.97. The zero-order chi connectivity index (χ0) is 16.9. The smallest absolute Gasteiger partial charge is 0.243 e. The van der Waals surface area contributed by atoms with Crippen LogP contribution in [0, 0.1) is 11.2 Å². The van der Waals surface area contributed by atoms with Crippen molar-refractivity contribution in [2.24, 2.45) is 10.4 Å². The van der Waals surface area contributed by atoms with E-state index in [1.54, 1.807) is 19.2 Å². The van der Waals surface area contributed by atoms with Crippen molar-refractivity contribution in [2.45, 2.75) is 26.7 Å². The van der Waals surface area contributed by atoms with Crippen molar-refractivity contribution in [3.8, 4) is 0 Å². The fourth-order valence-electron chi connectivity index (χ4n) is 2.76. The average molecular weight is 320 g/mol. The number of hydrogen-bond acceptors (Lipinski definition) is 2. The third kappa shape index (κ3) is 4.68. The van der Waals surface area contributed by atoms with E-state index in [0.717, 1.165) is 31.9 Å². The molecule has 1 aromatic rings. The molecule has 1 aliphatic rings. The normalized spacial score (nSPS) is 21.4. The Morgan fingerprint density at radius 3 is 2.87 bits per heavy atom. The van der Waals surface area contributed by atoms with Crippen LogP contribution in [0.1, 0.15) is 26.7 Å². The first kappa shape index (κ1) is 17.2. The monoisotopic (exact) mass is 320 g/mol. The molecule has 1 heterocycles. The molecule has 0 aliphatic carbocycles. The molecule has 23 heavy (non-hydrogen) atoms. The summed E-state index contributed by atoms with van der Waals surface area (Å²) in [6.07, 6.45) is 2.25. The highest BCUT2D eigenvalue weighted by molar-refractivity contribution is 5.95. The Labute approximate surface area is 137 Å². The summed E-state index contributed by atoms with van der Waals surface area (Å²) in [5.41, 5.74) is 0.757. The van der Waals surface area contributed by atoms with Crippen molar-refractivity contribution < 1.29 is 9.18 Å². The predicted molar refractivity (Wildman–Crippen MR) is 91.0 cm³/mol. The topological polar surface area (TPSA) is 56.7 Å². The minimum absolute atomic E-state index is 0.0997. The third-order valence-electron chi connectivity index (χ3n) is 4.44. The van der Waals surface area contributed by atoms with Gasteiger partial charge in [0.15, 0.2) is 5.96 Å². The molecular formula is C17H25FN4O. The van der Waals surface area contributed by atoms with Crippen molar-refractivity contribution in [2.75, 3.05) is 32.0 Å². The molecule has 1 saturated heterocycles. The van der Waals surface area contributed by atoms with Gasteiger partial charge in [-0.25, -0.2) is 4.39 Å². The van der Waals surface area contributed by atoms with Crippen LogP contribution in [0.2, 0.25) is 0 Å². The number of nitrogens with one attached hydrogen (secondary N) is 2. The lowest BCUT2D eigenvalue weighted by atomic mass is 9.87. The summed E-state index contributed by atoms with van der Waals surface area (Å²) in [4.78, 5) is 18.4. The Kier molecular flexibility index (Phi) is 5.58. The molecule has 0 aromatic heterocycles. The van der Waals surface area contributed by atoms with Crippen LogP contribution in [0.4, 0.5) is 10.1 Å². The van der Waals surface area contributed by atoms with Crippen molar-refractivity contribution in [3.05, 3.63) is 30.1 Å². The maximum atomic E-state index is 13.1. The number of carbonyl (C=O) groups is 1. The molecule has 2 N–H and O–H groups in total. The third-order valence-corrected chi connectivity index (χ3v) is 4.44. The molecule has 0 bridgehead atoms. The zero-order valence-corrected chi connectivity index (χ0v) is 14.0. The van der Waals surface area contributed by atoms with Crippen molar-refractivity contribution >= 4 is 17.6 Å². The quantitative estimate of drug-likeness (QED) is 0.662. The Hall–Kier alpha value is -2.11. The molecule has 2 rings (SSSR count). The number of halogens is 1. The average Bonchev–Trinajstić information content (AvgIpc) is 2.91. The number of amides is 1. The maximum Gasteiger partial charge on any atom is 0.243 e. The number of hydrogen-bond donors (Lipinski definition) is 2. The highest BCUT2D eigenvalue weighted by atomic mass is 19.1. The van der Waals surface area contributed by atoms with Crippen LogP contribution in [0.5, 0.6) is 0 Å². The summed E-state index contributed by atoms with van der Waals surface area (Å²) in [5.74, 6) is 0.133. The van der Waals surface area contributed by atoms with Gasteiger partial charge in [-0.15, -0.1) is 0 Å². The Morgan fingerprint density at radius 2 is 2.26 bits per heavy atom. The minimum Gasteiger partial charge on any atom is -0.347 e. The summed E-state index contributed by atoms with van der Waals surface area (Å²) >= 11 is 0. The second-order valence-corrected chi connectivity index (χ2v) is 6.30. The molecule has 0 radical (unpaired) electrons. The number of carbonyl (C=O) groups excluding carboxylic acids is 1. The molecule has 0 saturated carbocycles. The van der Waals surface area contributed by atoms with E-state index >= 15 is 0 Å². The summed E-state index contributed by atoms with van der Waals surface area (Å²) in [5, 5.41) is 5.74. The highest BCUT2D eigenvalue weighted by Crippen LogP contribution is 2.32. The van der Waals surface area contributed by atoms with Gasteiger partial charge in [-0.05, 0) is 36.5 Å². The van der Waals surface area contributed by atoms with Crippen molar-refractivity contribution in [1.29, 1.82) is 0 Å². The molecule has 1 aromatic carbocycles. The molecule has 126 valence electrons. The van der Waals surface area contributed by atoms with Gasteiger partial charge in [0.1, 0.15) is 5.82 Å². The van der Waals surface area contributed by atoms with E-state index in [1.165, 1.54) is 12.1 Å². The van der Waals surface area contributed by atoms with Gasteiger partial charge in [0.25, 0.3) is 0 Å². The van der Waals surface area contributed by atoms with Crippen LogP contribution < -0.4 is 10.6 Å². The van der Waals surface area contributed by atoms with Gasteiger partial charge in [0, 0.05) is 25.8 Å². The van der Waals surface area contributed by atoms with E-state index in [1.807, 2.05) is 0 Å². The predicted octanol–water partition coefficient (Wildman–Crippen LogP) is 2.46. The number of benzene rings is 1. The number of likely N-dealkylation sites (tertiary alicyclic amines) is 1. The Balaban J connectivity index is 1.85. The molecule has 1 atom stereocenters. The van der Waals surface area contributed by atoms with Gasteiger partial charge >= 0.3 is 0 Å².